The van der Waals surface area contributed by atoms with E-state index in [9.17, 15) is 9.59 Å². The second-order valence-electron chi connectivity index (χ2n) is 8.91. The van der Waals surface area contributed by atoms with Crippen molar-refractivity contribution < 1.29 is 9.59 Å². The van der Waals surface area contributed by atoms with Crippen LogP contribution in [-0.2, 0) is 11.3 Å². The number of carbonyl (C=O) groups is 2. The number of amides is 2. The minimum atomic E-state index is -0.624. The maximum Gasteiger partial charge on any atom is 0.270 e. The highest BCUT2D eigenvalue weighted by Crippen LogP contribution is 2.35. The summed E-state index contributed by atoms with van der Waals surface area (Å²) in [5.41, 5.74) is 5.22. The minimum absolute atomic E-state index is 0.0381. The summed E-state index contributed by atoms with van der Waals surface area (Å²) in [6.07, 6.45) is 4.96. The van der Waals surface area contributed by atoms with Crippen molar-refractivity contribution in [1.29, 1.82) is 0 Å². The molecule has 0 spiro atoms. The molecule has 33 heavy (non-hydrogen) atoms. The van der Waals surface area contributed by atoms with E-state index in [-0.39, 0.29) is 17.7 Å². The van der Waals surface area contributed by atoms with E-state index in [1.54, 1.807) is 16.9 Å². The van der Waals surface area contributed by atoms with Crippen LogP contribution in [0.15, 0.2) is 36.5 Å². The Kier molecular flexibility index (Phi) is 6.62. The van der Waals surface area contributed by atoms with E-state index in [1.807, 2.05) is 45.0 Å². The van der Waals surface area contributed by atoms with Crippen LogP contribution in [0, 0.1) is 25.7 Å². The first-order valence-electron chi connectivity index (χ1n) is 11.6. The van der Waals surface area contributed by atoms with Crippen molar-refractivity contribution in [3.63, 3.8) is 0 Å². The van der Waals surface area contributed by atoms with Crippen LogP contribution in [0.5, 0.6) is 0 Å². The van der Waals surface area contributed by atoms with Gasteiger partial charge >= 0.3 is 0 Å². The number of benzene rings is 1. The molecule has 3 aromatic rings. The van der Waals surface area contributed by atoms with Crippen LogP contribution in [0.4, 0.5) is 5.69 Å². The number of hydrogen-bond acceptors (Lipinski definition) is 4. The van der Waals surface area contributed by atoms with Crippen molar-refractivity contribution in [1.82, 2.24) is 25.3 Å². The smallest absolute Gasteiger partial charge is 0.270 e. The maximum absolute atomic E-state index is 13.3. The molecule has 8 heteroatoms. The van der Waals surface area contributed by atoms with Gasteiger partial charge in [0.2, 0.25) is 5.91 Å². The summed E-state index contributed by atoms with van der Waals surface area (Å²) in [5.74, 6) is -0.00146. The van der Waals surface area contributed by atoms with Gasteiger partial charge in [-0.05, 0) is 56.4 Å². The van der Waals surface area contributed by atoms with Gasteiger partial charge in [-0.15, -0.1) is 0 Å². The summed E-state index contributed by atoms with van der Waals surface area (Å²) in [4.78, 5) is 26.3. The molecule has 8 nitrogen and oxygen atoms in total. The van der Waals surface area contributed by atoms with Crippen molar-refractivity contribution >= 4 is 17.5 Å². The maximum atomic E-state index is 13.3. The van der Waals surface area contributed by atoms with Crippen molar-refractivity contribution in [2.24, 2.45) is 11.8 Å². The highest BCUT2D eigenvalue weighted by molar-refractivity contribution is 6.00. The van der Waals surface area contributed by atoms with Gasteiger partial charge in [0.05, 0.1) is 5.69 Å². The van der Waals surface area contributed by atoms with Crippen molar-refractivity contribution in [2.75, 3.05) is 5.32 Å². The van der Waals surface area contributed by atoms with Crippen LogP contribution in [0.2, 0.25) is 0 Å². The molecule has 1 aliphatic carbocycles. The summed E-state index contributed by atoms with van der Waals surface area (Å²) in [6.45, 7) is 8.53. The van der Waals surface area contributed by atoms with Crippen LogP contribution in [-0.4, -0.2) is 37.8 Å². The van der Waals surface area contributed by atoms with Gasteiger partial charge in [-0.1, -0.05) is 38.3 Å². The number of nitrogens with zero attached hydrogens (tertiary/aromatic N) is 3. The number of rotatable bonds is 8. The first kappa shape index (κ1) is 22.8. The Morgan fingerprint density at radius 2 is 1.91 bits per heavy atom. The van der Waals surface area contributed by atoms with Crippen LogP contribution in [0.3, 0.4) is 0 Å². The summed E-state index contributed by atoms with van der Waals surface area (Å²) in [5, 5.41) is 17.4. The monoisotopic (exact) mass is 448 g/mol. The van der Waals surface area contributed by atoms with Gasteiger partial charge < -0.3 is 10.6 Å². The molecule has 0 radical (unpaired) electrons. The van der Waals surface area contributed by atoms with Gasteiger partial charge in [0.15, 0.2) is 0 Å². The summed E-state index contributed by atoms with van der Waals surface area (Å²) >= 11 is 0. The lowest BCUT2D eigenvalue weighted by molar-refractivity contribution is -0.119. The second-order valence-corrected chi connectivity index (χ2v) is 8.91. The third-order valence-electron chi connectivity index (χ3n) is 6.81. The quantitative estimate of drug-likeness (QED) is 0.483. The number of aromatic nitrogens is 4. The van der Waals surface area contributed by atoms with Gasteiger partial charge in [0, 0.05) is 29.7 Å². The van der Waals surface area contributed by atoms with Gasteiger partial charge in [-0.25, -0.2) is 0 Å². The molecule has 2 aromatic heterocycles. The van der Waals surface area contributed by atoms with Gasteiger partial charge in [0.25, 0.3) is 5.91 Å². The SMILES string of the molecule is CCn1nccc1C(=O)N[C@H](C(=O)Nc1ccc(-c2c(C)n[nH]c2C)cc1)C(C)C1CCC1. The van der Waals surface area contributed by atoms with Crippen molar-refractivity contribution in [3.05, 3.63) is 53.6 Å². The average molecular weight is 449 g/mol. The van der Waals surface area contributed by atoms with E-state index >= 15 is 0 Å². The van der Waals surface area contributed by atoms with Crippen LogP contribution < -0.4 is 10.6 Å². The lowest BCUT2D eigenvalue weighted by atomic mass is 9.73. The minimum Gasteiger partial charge on any atom is -0.339 e. The Balaban J connectivity index is 1.51. The molecule has 2 atom stereocenters. The lowest BCUT2D eigenvalue weighted by Gasteiger charge is -2.36. The number of anilines is 1. The van der Waals surface area contributed by atoms with Crippen LogP contribution in [0.1, 0.15) is 55.0 Å². The molecule has 0 aliphatic heterocycles. The van der Waals surface area contributed by atoms with E-state index < -0.39 is 6.04 Å². The highest BCUT2D eigenvalue weighted by Gasteiger charge is 2.35. The molecule has 1 aromatic carbocycles. The van der Waals surface area contributed by atoms with E-state index in [4.69, 9.17) is 0 Å². The molecule has 2 amide bonds. The zero-order chi connectivity index (χ0) is 23.5. The largest absolute Gasteiger partial charge is 0.339 e. The Morgan fingerprint density at radius 3 is 2.48 bits per heavy atom. The van der Waals surface area contributed by atoms with Crippen molar-refractivity contribution in [3.8, 4) is 11.1 Å². The summed E-state index contributed by atoms with van der Waals surface area (Å²) in [7, 11) is 0. The highest BCUT2D eigenvalue weighted by atomic mass is 16.2. The number of carbonyl (C=O) groups excluding carboxylic acids is 2. The Morgan fingerprint density at radius 1 is 1.18 bits per heavy atom. The number of aryl methyl sites for hydroxylation is 3. The van der Waals surface area contributed by atoms with Gasteiger partial charge in [0.1, 0.15) is 11.7 Å². The molecule has 4 rings (SSSR count). The number of aromatic amines is 1. The average Bonchev–Trinajstić information content (AvgIpc) is 3.37. The third kappa shape index (κ3) is 4.69. The molecule has 174 valence electrons. The second kappa shape index (κ2) is 9.60. The molecule has 1 unspecified atom stereocenters. The summed E-state index contributed by atoms with van der Waals surface area (Å²) < 4.78 is 1.64. The molecule has 0 saturated heterocycles. The van der Waals surface area contributed by atoms with Gasteiger partial charge in [-0.3, -0.25) is 19.4 Å². The molecule has 1 aliphatic rings. The Labute approximate surface area is 194 Å². The first-order valence-corrected chi connectivity index (χ1v) is 11.6. The predicted molar refractivity (Wildman–Crippen MR) is 128 cm³/mol. The molecule has 3 N–H and O–H groups in total. The third-order valence-corrected chi connectivity index (χ3v) is 6.81. The Hall–Kier alpha value is -3.42. The topological polar surface area (TPSA) is 105 Å². The first-order chi connectivity index (χ1) is 15.9. The summed E-state index contributed by atoms with van der Waals surface area (Å²) in [6, 6.07) is 8.78. The van der Waals surface area contributed by atoms with Crippen LogP contribution >= 0.6 is 0 Å². The number of H-pyrrole nitrogens is 1. The van der Waals surface area contributed by atoms with E-state index in [2.05, 4.69) is 32.9 Å². The number of nitrogens with one attached hydrogen (secondary N) is 3. The molecule has 0 bridgehead atoms. The Bertz CT molecular complexity index is 1110. The predicted octanol–water partition coefficient (Wildman–Crippen LogP) is 4.08. The van der Waals surface area contributed by atoms with E-state index in [0.717, 1.165) is 35.4 Å². The van der Waals surface area contributed by atoms with E-state index in [0.29, 0.717) is 23.8 Å². The number of hydrogen-bond donors (Lipinski definition) is 3. The normalized spacial score (nSPS) is 15.5. The van der Waals surface area contributed by atoms with E-state index in [1.165, 1.54) is 6.42 Å². The van der Waals surface area contributed by atoms with Crippen molar-refractivity contribution in [2.45, 2.75) is 59.5 Å². The standard InChI is InChI=1S/C25H32N6O2/c1-5-31-21(13-14-26-31)24(32)28-23(15(2)18-7-6-8-18)25(33)27-20-11-9-19(10-12-20)22-16(3)29-30-17(22)4/h9-15,18,23H,5-8H2,1-4H3,(H,27,33)(H,28,32)(H,29,30)/t15?,23-/m0/s1. The fourth-order valence-corrected chi connectivity index (χ4v) is 4.58. The van der Waals surface area contributed by atoms with Crippen LogP contribution in [0.25, 0.3) is 11.1 Å². The van der Waals surface area contributed by atoms with Gasteiger partial charge in [-0.2, -0.15) is 10.2 Å². The molecule has 1 saturated carbocycles. The molecule has 2 heterocycles. The molecular weight excluding hydrogens is 416 g/mol. The zero-order valence-corrected chi connectivity index (χ0v) is 19.7. The fourth-order valence-electron chi connectivity index (χ4n) is 4.58. The molecule has 1 fully saturated rings. The fraction of sp³-hybridized carbons (Fsp3) is 0.440. The molecular formula is C25H32N6O2. The lowest BCUT2D eigenvalue weighted by Crippen LogP contribution is -2.50. The zero-order valence-electron chi connectivity index (χ0n) is 19.7.